The lowest BCUT2D eigenvalue weighted by Crippen LogP contribution is -2.22. The van der Waals surface area contributed by atoms with Crippen molar-refractivity contribution in [3.05, 3.63) is 102 Å². The molecule has 3 aromatic rings. The van der Waals surface area contributed by atoms with Crippen LogP contribution in [0.4, 0.5) is 5.69 Å². The van der Waals surface area contributed by atoms with E-state index < -0.39 is 0 Å². The molecule has 0 amide bonds. The second-order valence-corrected chi connectivity index (χ2v) is 5.70. The average Bonchev–Trinajstić information content (AvgIpc) is 2.63. The molecule has 3 aromatic carbocycles. The molecule has 0 heterocycles. The minimum Gasteiger partial charge on any atom is -0.363 e. The number of hydrogen-bond donors (Lipinski definition) is 1. The van der Waals surface area contributed by atoms with Crippen LogP contribution in [0, 0.1) is 0 Å². The summed E-state index contributed by atoms with van der Waals surface area (Å²) < 4.78 is 0. The Morgan fingerprint density at radius 1 is 0.609 bits per heavy atom. The fraction of sp³-hybridized carbons (Fsp3) is 0.143. The van der Waals surface area contributed by atoms with E-state index in [9.17, 15) is 0 Å². The Balaban J connectivity index is 1.85. The van der Waals surface area contributed by atoms with Gasteiger partial charge in [0, 0.05) is 25.3 Å². The Kier molecular flexibility index (Phi) is 5.07. The predicted molar refractivity (Wildman–Crippen MR) is 97.1 cm³/mol. The number of nitrogens with zero attached hydrogens (tertiary/aromatic N) is 1. The van der Waals surface area contributed by atoms with Gasteiger partial charge in [0.25, 0.3) is 0 Å². The van der Waals surface area contributed by atoms with Crippen molar-refractivity contribution in [2.75, 3.05) is 4.90 Å². The number of rotatable bonds is 6. The summed E-state index contributed by atoms with van der Waals surface area (Å²) in [6.07, 6.45) is 0. The van der Waals surface area contributed by atoms with Crippen LogP contribution in [0.1, 0.15) is 16.7 Å². The molecule has 0 aliphatic rings. The van der Waals surface area contributed by atoms with Gasteiger partial charge >= 0.3 is 0 Å². The first-order chi connectivity index (χ1) is 11.3. The van der Waals surface area contributed by atoms with Crippen molar-refractivity contribution in [1.82, 2.24) is 0 Å². The number of anilines is 1. The molecule has 0 atom stereocenters. The highest BCUT2D eigenvalue weighted by atomic mass is 15.1. The van der Waals surface area contributed by atoms with Gasteiger partial charge in [-0.1, -0.05) is 72.8 Å². The van der Waals surface area contributed by atoms with Gasteiger partial charge in [-0.25, -0.2) is 0 Å². The van der Waals surface area contributed by atoms with Crippen LogP contribution in [0.15, 0.2) is 84.9 Å². The lowest BCUT2D eigenvalue weighted by Gasteiger charge is -2.25. The van der Waals surface area contributed by atoms with Gasteiger partial charge in [0.15, 0.2) is 0 Å². The molecule has 0 saturated heterocycles. The van der Waals surface area contributed by atoms with Gasteiger partial charge in [-0.2, -0.15) is 0 Å². The summed E-state index contributed by atoms with van der Waals surface area (Å²) >= 11 is 0. The molecule has 2 nitrogen and oxygen atoms in total. The zero-order valence-corrected chi connectivity index (χ0v) is 13.2. The van der Waals surface area contributed by atoms with Crippen molar-refractivity contribution in [3.8, 4) is 0 Å². The van der Waals surface area contributed by atoms with Gasteiger partial charge in [-0.15, -0.1) is 0 Å². The van der Waals surface area contributed by atoms with Gasteiger partial charge in [-0.05, 0) is 28.8 Å². The Hall–Kier alpha value is -2.58. The quantitative estimate of drug-likeness (QED) is 0.733. The highest BCUT2D eigenvalue weighted by Gasteiger charge is 2.08. The summed E-state index contributed by atoms with van der Waals surface area (Å²) in [6.45, 7) is 2.34. The second kappa shape index (κ2) is 7.61. The zero-order chi connectivity index (χ0) is 15.9. The largest absolute Gasteiger partial charge is 0.363 e. The Morgan fingerprint density at radius 2 is 1.17 bits per heavy atom. The molecule has 2 N–H and O–H groups in total. The van der Waals surface area contributed by atoms with Crippen molar-refractivity contribution in [2.24, 2.45) is 5.73 Å². The van der Waals surface area contributed by atoms with Crippen LogP contribution in [-0.4, -0.2) is 0 Å². The second-order valence-electron chi connectivity index (χ2n) is 5.70. The van der Waals surface area contributed by atoms with Crippen LogP contribution >= 0.6 is 0 Å². The van der Waals surface area contributed by atoms with E-state index in [0.717, 1.165) is 13.1 Å². The van der Waals surface area contributed by atoms with Gasteiger partial charge in [0.2, 0.25) is 0 Å². The highest BCUT2D eigenvalue weighted by Crippen LogP contribution is 2.20. The van der Waals surface area contributed by atoms with E-state index in [4.69, 9.17) is 5.73 Å². The zero-order valence-electron chi connectivity index (χ0n) is 13.2. The molecule has 0 aliphatic heterocycles. The van der Waals surface area contributed by atoms with E-state index >= 15 is 0 Å². The molecule has 116 valence electrons. The first-order valence-corrected chi connectivity index (χ1v) is 7.97. The molecule has 0 aliphatic carbocycles. The summed E-state index contributed by atoms with van der Waals surface area (Å²) in [4.78, 5) is 2.39. The average molecular weight is 302 g/mol. The normalized spacial score (nSPS) is 10.5. The molecule has 0 bridgehead atoms. The third kappa shape index (κ3) is 4.21. The minimum atomic E-state index is 0.581. The van der Waals surface area contributed by atoms with Crippen LogP contribution < -0.4 is 10.6 Å². The molecule has 3 rings (SSSR count). The maximum absolute atomic E-state index is 5.77. The van der Waals surface area contributed by atoms with Crippen LogP contribution in [0.5, 0.6) is 0 Å². The SMILES string of the molecule is NCc1cccc(CN(Cc2ccccc2)c2ccccc2)c1. The number of hydrogen-bond acceptors (Lipinski definition) is 2. The van der Waals surface area contributed by atoms with E-state index in [2.05, 4.69) is 89.8 Å². The van der Waals surface area contributed by atoms with Crippen LogP contribution in [0.25, 0.3) is 0 Å². The first-order valence-electron chi connectivity index (χ1n) is 7.97. The molecular weight excluding hydrogens is 280 g/mol. The standard InChI is InChI=1S/C21H22N2/c22-15-19-10-7-11-20(14-19)17-23(21-12-5-2-6-13-21)16-18-8-3-1-4-9-18/h1-14H,15-17,22H2. The third-order valence-corrected chi connectivity index (χ3v) is 3.94. The fourth-order valence-electron chi connectivity index (χ4n) is 2.76. The maximum atomic E-state index is 5.77. The summed E-state index contributed by atoms with van der Waals surface area (Å²) in [5.41, 5.74) is 10.8. The summed E-state index contributed by atoms with van der Waals surface area (Å²) in [7, 11) is 0. The first kappa shape index (κ1) is 15.3. The van der Waals surface area contributed by atoms with Gasteiger partial charge in [-0.3, -0.25) is 0 Å². The lowest BCUT2D eigenvalue weighted by molar-refractivity contribution is 0.798. The number of para-hydroxylation sites is 1. The van der Waals surface area contributed by atoms with Crippen molar-refractivity contribution in [3.63, 3.8) is 0 Å². The Morgan fingerprint density at radius 3 is 1.87 bits per heavy atom. The van der Waals surface area contributed by atoms with Crippen LogP contribution in [0.2, 0.25) is 0 Å². The molecule has 0 aromatic heterocycles. The van der Waals surface area contributed by atoms with Gasteiger partial charge in [0.1, 0.15) is 0 Å². The van der Waals surface area contributed by atoms with E-state index in [-0.39, 0.29) is 0 Å². The number of nitrogens with two attached hydrogens (primary N) is 1. The third-order valence-electron chi connectivity index (χ3n) is 3.94. The molecule has 23 heavy (non-hydrogen) atoms. The fourth-order valence-corrected chi connectivity index (χ4v) is 2.76. The topological polar surface area (TPSA) is 29.3 Å². The monoisotopic (exact) mass is 302 g/mol. The Bertz CT molecular complexity index is 723. The van der Waals surface area contributed by atoms with Crippen LogP contribution in [-0.2, 0) is 19.6 Å². The molecule has 2 heteroatoms. The summed E-state index contributed by atoms with van der Waals surface area (Å²) in [5.74, 6) is 0. The van der Waals surface area contributed by atoms with Crippen molar-refractivity contribution < 1.29 is 0 Å². The predicted octanol–water partition coefficient (Wildman–Crippen LogP) is 4.35. The van der Waals surface area contributed by atoms with Gasteiger partial charge in [0.05, 0.1) is 0 Å². The molecule has 0 spiro atoms. The smallest absolute Gasteiger partial charge is 0.0433 e. The van der Waals surface area contributed by atoms with Crippen molar-refractivity contribution in [1.29, 1.82) is 0 Å². The Labute approximate surface area is 138 Å². The molecular formula is C21H22N2. The van der Waals surface area contributed by atoms with Crippen LogP contribution in [0.3, 0.4) is 0 Å². The minimum absolute atomic E-state index is 0.581. The van der Waals surface area contributed by atoms with Crippen molar-refractivity contribution >= 4 is 5.69 Å². The molecule has 0 saturated carbocycles. The molecule has 0 unspecified atom stereocenters. The van der Waals surface area contributed by atoms with E-state index in [0.29, 0.717) is 6.54 Å². The molecule has 0 fully saturated rings. The number of benzene rings is 3. The summed E-state index contributed by atoms with van der Waals surface area (Å²) in [5, 5.41) is 0. The van der Waals surface area contributed by atoms with E-state index in [1.54, 1.807) is 0 Å². The van der Waals surface area contributed by atoms with Gasteiger partial charge < -0.3 is 10.6 Å². The van der Waals surface area contributed by atoms with E-state index in [1.807, 2.05) is 0 Å². The summed E-state index contributed by atoms with van der Waals surface area (Å²) in [6, 6.07) is 29.7. The van der Waals surface area contributed by atoms with E-state index in [1.165, 1.54) is 22.4 Å². The molecule has 0 radical (unpaired) electrons. The highest BCUT2D eigenvalue weighted by molar-refractivity contribution is 5.47. The maximum Gasteiger partial charge on any atom is 0.0433 e. The lowest BCUT2D eigenvalue weighted by atomic mass is 10.1. The van der Waals surface area contributed by atoms with Crippen molar-refractivity contribution in [2.45, 2.75) is 19.6 Å².